The molecule has 128 valence electrons. The fraction of sp³-hybridized carbons (Fsp3) is 0.0952. The van der Waals surface area contributed by atoms with Gasteiger partial charge in [0.2, 0.25) is 0 Å². The number of anilines is 3. The molecule has 2 N–H and O–H groups in total. The lowest BCUT2D eigenvalue weighted by atomic mass is 10.1. The van der Waals surface area contributed by atoms with Crippen LogP contribution in [0.25, 0.3) is 0 Å². The topological polar surface area (TPSA) is 77.8 Å². The Morgan fingerprint density at radius 1 is 0.962 bits per heavy atom. The molecule has 1 amide bonds. The van der Waals surface area contributed by atoms with E-state index in [9.17, 15) is 4.79 Å². The molecular weight excluding hydrogens is 324 g/mol. The first-order valence-electron chi connectivity index (χ1n) is 8.16. The first kappa shape index (κ1) is 17.2. The molecule has 0 aliphatic carbocycles. The minimum absolute atomic E-state index is 0.293. The van der Waals surface area contributed by atoms with Gasteiger partial charge in [-0.3, -0.25) is 9.78 Å². The van der Waals surface area contributed by atoms with Crippen molar-refractivity contribution in [3.8, 4) is 6.07 Å². The molecule has 2 aromatic carbocycles. The number of carbonyl (C=O) groups excluding carboxylic acids is 1. The van der Waals surface area contributed by atoms with Crippen LogP contribution in [0.3, 0.4) is 0 Å². The van der Waals surface area contributed by atoms with Crippen LogP contribution in [0.5, 0.6) is 0 Å². The van der Waals surface area contributed by atoms with Crippen LogP contribution >= 0.6 is 0 Å². The number of rotatable bonds is 4. The molecule has 0 radical (unpaired) electrons. The first-order chi connectivity index (χ1) is 12.5. The third-order valence-electron chi connectivity index (χ3n) is 3.75. The van der Waals surface area contributed by atoms with Crippen LogP contribution < -0.4 is 10.6 Å². The maximum atomic E-state index is 12.4. The van der Waals surface area contributed by atoms with Gasteiger partial charge in [-0.25, -0.2) is 0 Å². The van der Waals surface area contributed by atoms with Gasteiger partial charge in [0.25, 0.3) is 5.91 Å². The number of pyridine rings is 1. The smallest absolute Gasteiger partial charge is 0.274 e. The summed E-state index contributed by atoms with van der Waals surface area (Å²) in [4.78, 5) is 16.6. The molecule has 0 aliphatic heterocycles. The first-order valence-corrected chi connectivity index (χ1v) is 8.16. The van der Waals surface area contributed by atoms with Gasteiger partial charge in [0, 0.05) is 23.3 Å². The molecule has 0 fully saturated rings. The molecule has 0 atom stereocenters. The van der Waals surface area contributed by atoms with E-state index in [-0.39, 0.29) is 5.91 Å². The Bertz CT molecular complexity index is 985. The number of nitrogens with zero attached hydrogens (tertiary/aromatic N) is 2. The number of amides is 1. The van der Waals surface area contributed by atoms with Crippen LogP contribution in [-0.2, 0) is 0 Å². The monoisotopic (exact) mass is 342 g/mol. The highest BCUT2D eigenvalue weighted by atomic mass is 16.1. The highest BCUT2D eigenvalue weighted by molar-refractivity contribution is 6.03. The zero-order chi connectivity index (χ0) is 18.5. The van der Waals surface area contributed by atoms with Gasteiger partial charge >= 0.3 is 0 Å². The molecule has 0 saturated carbocycles. The summed E-state index contributed by atoms with van der Waals surface area (Å²) in [6.07, 6.45) is 1.59. The van der Waals surface area contributed by atoms with Gasteiger partial charge in [-0.1, -0.05) is 12.1 Å². The van der Waals surface area contributed by atoms with Gasteiger partial charge in [0.05, 0.1) is 11.6 Å². The quantitative estimate of drug-likeness (QED) is 0.728. The third-order valence-corrected chi connectivity index (χ3v) is 3.75. The van der Waals surface area contributed by atoms with Crippen molar-refractivity contribution in [1.82, 2.24) is 4.98 Å². The summed E-state index contributed by atoms with van der Waals surface area (Å²) < 4.78 is 0. The number of aromatic nitrogens is 1. The van der Waals surface area contributed by atoms with Crippen molar-refractivity contribution in [2.75, 3.05) is 10.6 Å². The molecule has 5 heteroatoms. The van der Waals surface area contributed by atoms with E-state index in [4.69, 9.17) is 5.26 Å². The van der Waals surface area contributed by atoms with Gasteiger partial charge in [0.15, 0.2) is 0 Å². The standard InChI is InChI=1S/C21H18N4O/c1-14-8-15(2)10-19(9-14)24-18-6-7-23-20(12-18)21(26)25-17-5-3-4-16(11-17)13-22/h3-12H,1-2H3,(H,23,24)(H,25,26). The minimum Gasteiger partial charge on any atom is -0.355 e. The van der Waals surface area contributed by atoms with E-state index in [0.29, 0.717) is 16.9 Å². The minimum atomic E-state index is -0.329. The summed E-state index contributed by atoms with van der Waals surface area (Å²) in [5.41, 5.74) is 5.41. The average molecular weight is 342 g/mol. The van der Waals surface area contributed by atoms with Crippen LogP contribution in [0.1, 0.15) is 27.2 Å². The van der Waals surface area contributed by atoms with Crippen molar-refractivity contribution in [3.05, 3.63) is 83.2 Å². The zero-order valence-electron chi connectivity index (χ0n) is 14.6. The summed E-state index contributed by atoms with van der Waals surface area (Å²) in [6.45, 7) is 4.08. The van der Waals surface area contributed by atoms with E-state index in [1.54, 1.807) is 36.5 Å². The maximum absolute atomic E-state index is 12.4. The number of hydrogen-bond acceptors (Lipinski definition) is 4. The van der Waals surface area contributed by atoms with E-state index in [1.165, 1.54) is 0 Å². The molecule has 0 spiro atoms. The molecule has 0 aliphatic rings. The highest BCUT2D eigenvalue weighted by Crippen LogP contribution is 2.20. The summed E-state index contributed by atoms with van der Waals surface area (Å²) in [7, 11) is 0. The zero-order valence-corrected chi connectivity index (χ0v) is 14.6. The predicted molar refractivity (Wildman–Crippen MR) is 103 cm³/mol. The van der Waals surface area contributed by atoms with Crippen molar-refractivity contribution >= 4 is 23.0 Å². The molecule has 3 rings (SSSR count). The summed E-state index contributed by atoms with van der Waals surface area (Å²) in [5, 5.41) is 15.0. The molecular formula is C21H18N4O. The number of aryl methyl sites for hydroxylation is 2. The summed E-state index contributed by atoms with van der Waals surface area (Å²) in [5.74, 6) is -0.329. The molecule has 1 aromatic heterocycles. The fourth-order valence-electron chi connectivity index (χ4n) is 2.71. The van der Waals surface area contributed by atoms with E-state index in [1.807, 2.05) is 38.1 Å². The number of carbonyl (C=O) groups is 1. The Morgan fingerprint density at radius 3 is 2.46 bits per heavy atom. The Hall–Kier alpha value is -3.65. The van der Waals surface area contributed by atoms with E-state index in [0.717, 1.165) is 22.5 Å². The normalized spacial score (nSPS) is 10.0. The molecule has 0 bridgehead atoms. The van der Waals surface area contributed by atoms with Crippen molar-refractivity contribution in [3.63, 3.8) is 0 Å². The van der Waals surface area contributed by atoms with Crippen LogP contribution in [0.15, 0.2) is 60.8 Å². The third kappa shape index (κ3) is 4.25. The Morgan fingerprint density at radius 2 is 1.73 bits per heavy atom. The lowest BCUT2D eigenvalue weighted by molar-refractivity contribution is 0.102. The number of hydrogen-bond donors (Lipinski definition) is 2. The molecule has 26 heavy (non-hydrogen) atoms. The molecule has 0 unspecified atom stereocenters. The van der Waals surface area contributed by atoms with E-state index >= 15 is 0 Å². The second-order valence-electron chi connectivity index (χ2n) is 6.08. The lowest BCUT2D eigenvalue weighted by Crippen LogP contribution is -2.13. The van der Waals surface area contributed by atoms with Crippen LogP contribution in [0.2, 0.25) is 0 Å². The second kappa shape index (κ2) is 7.49. The molecule has 0 saturated heterocycles. The largest absolute Gasteiger partial charge is 0.355 e. The summed E-state index contributed by atoms with van der Waals surface area (Å²) >= 11 is 0. The lowest BCUT2D eigenvalue weighted by Gasteiger charge is -2.10. The van der Waals surface area contributed by atoms with Crippen molar-refractivity contribution in [2.24, 2.45) is 0 Å². The number of nitrogens with one attached hydrogen (secondary N) is 2. The van der Waals surface area contributed by atoms with Crippen molar-refractivity contribution in [1.29, 1.82) is 5.26 Å². The SMILES string of the molecule is Cc1cc(C)cc(Nc2ccnc(C(=O)Nc3cccc(C#N)c3)c2)c1. The van der Waals surface area contributed by atoms with Crippen LogP contribution in [0.4, 0.5) is 17.1 Å². The van der Waals surface area contributed by atoms with Gasteiger partial charge in [0.1, 0.15) is 5.69 Å². The molecule has 5 nitrogen and oxygen atoms in total. The van der Waals surface area contributed by atoms with Gasteiger partial charge in [-0.15, -0.1) is 0 Å². The van der Waals surface area contributed by atoms with Crippen LogP contribution in [-0.4, -0.2) is 10.9 Å². The van der Waals surface area contributed by atoms with E-state index in [2.05, 4.69) is 21.7 Å². The Labute approximate surface area is 152 Å². The Balaban J connectivity index is 1.78. The van der Waals surface area contributed by atoms with Crippen LogP contribution in [0, 0.1) is 25.2 Å². The van der Waals surface area contributed by atoms with Crippen molar-refractivity contribution < 1.29 is 4.79 Å². The maximum Gasteiger partial charge on any atom is 0.274 e. The summed E-state index contributed by atoms with van der Waals surface area (Å²) in [6, 6.07) is 18.5. The van der Waals surface area contributed by atoms with Gasteiger partial charge in [-0.05, 0) is 67.4 Å². The molecule has 1 heterocycles. The fourth-order valence-corrected chi connectivity index (χ4v) is 2.71. The van der Waals surface area contributed by atoms with Gasteiger partial charge < -0.3 is 10.6 Å². The number of nitriles is 1. The average Bonchev–Trinajstić information content (AvgIpc) is 2.61. The van der Waals surface area contributed by atoms with E-state index < -0.39 is 0 Å². The molecule has 3 aromatic rings. The number of benzene rings is 2. The predicted octanol–water partition coefficient (Wildman–Crippen LogP) is 4.57. The Kier molecular flexibility index (Phi) is 4.95. The highest BCUT2D eigenvalue weighted by Gasteiger charge is 2.09. The second-order valence-corrected chi connectivity index (χ2v) is 6.08. The van der Waals surface area contributed by atoms with Crippen molar-refractivity contribution in [2.45, 2.75) is 13.8 Å². The van der Waals surface area contributed by atoms with Gasteiger partial charge in [-0.2, -0.15) is 5.26 Å².